The van der Waals surface area contributed by atoms with Crippen molar-refractivity contribution in [2.75, 3.05) is 24.8 Å². The average molecular weight is 282 g/mol. The minimum absolute atomic E-state index is 0.0179. The number of hydrogen-bond acceptors (Lipinski definition) is 4. The molecular weight excluding hydrogens is 259 g/mol. The molecule has 1 saturated carbocycles. The van der Waals surface area contributed by atoms with E-state index in [1.165, 1.54) is 13.2 Å². The normalized spacial score (nSPS) is 24.1. The molecule has 2 atom stereocenters. The minimum Gasteiger partial charge on any atom is -0.494 e. The molecule has 0 bridgehead atoms. The van der Waals surface area contributed by atoms with Crippen LogP contribution in [0.15, 0.2) is 12.1 Å². The summed E-state index contributed by atoms with van der Waals surface area (Å²) >= 11 is 0. The summed E-state index contributed by atoms with van der Waals surface area (Å²) in [6, 6.07) is 3.14. The number of methoxy groups -OCH3 is 1. The summed E-state index contributed by atoms with van der Waals surface area (Å²) < 4.78 is 24.2. The van der Waals surface area contributed by atoms with Crippen LogP contribution in [0.2, 0.25) is 0 Å². The van der Waals surface area contributed by atoms with E-state index in [-0.39, 0.29) is 23.3 Å². The van der Waals surface area contributed by atoms with E-state index in [1.54, 1.807) is 6.07 Å². The van der Waals surface area contributed by atoms with Crippen molar-refractivity contribution < 1.29 is 13.9 Å². The molecule has 0 radical (unpaired) electrons. The Hall–Kier alpha value is -1.49. The number of benzene rings is 1. The number of nitrogen functional groups attached to an aromatic ring is 1. The predicted molar refractivity (Wildman–Crippen MR) is 78.6 cm³/mol. The van der Waals surface area contributed by atoms with Crippen LogP contribution in [0.5, 0.6) is 5.75 Å². The molecular formula is C15H23FN2O2. The van der Waals surface area contributed by atoms with Gasteiger partial charge in [0.15, 0.2) is 11.6 Å². The summed E-state index contributed by atoms with van der Waals surface area (Å²) in [7, 11) is 1.44. The molecule has 0 amide bonds. The van der Waals surface area contributed by atoms with Crippen molar-refractivity contribution >= 4 is 11.4 Å². The van der Waals surface area contributed by atoms with Crippen LogP contribution in [0, 0.1) is 11.2 Å². The monoisotopic (exact) mass is 282 g/mol. The van der Waals surface area contributed by atoms with Crippen LogP contribution in [-0.4, -0.2) is 25.9 Å². The second kappa shape index (κ2) is 5.48. The molecule has 0 heterocycles. The molecule has 0 spiro atoms. The molecule has 0 aliphatic heterocycles. The highest BCUT2D eigenvalue weighted by molar-refractivity contribution is 5.69. The number of nitrogens with two attached hydrogens (primary N) is 1. The Labute approximate surface area is 119 Å². The minimum atomic E-state index is -0.449. The Morgan fingerprint density at radius 2 is 2.15 bits per heavy atom. The van der Waals surface area contributed by atoms with Gasteiger partial charge in [-0.2, -0.15) is 0 Å². The fraction of sp³-hybridized carbons (Fsp3) is 0.600. The van der Waals surface area contributed by atoms with Crippen molar-refractivity contribution in [2.45, 2.75) is 39.3 Å². The van der Waals surface area contributed by atoms with Gasteiger partial charge in [-0.05, 0) is 13.3 Å². The van der Waals surface area contributed by atoms with Gasteiger partial charge in [-0.1, -0.05) is 13.8 Å². The third-order valence-corrected chi connectivity index (χ3v) is 4.20. The molecule has 20 heavy (non-hydrogen) atoms. The van der Waals surface area contributed by atoms with Gasteiger partial charge in [0.25, 0.3) is 0 Å². The van der Waals surface area contributed by atoms with Crippen LogP contribution in [0.1, 0.15) is 27.2 Å². The number of anilines is 2. The number of hydrogen-bond donors (Lipinski definition) is 2. The maximum absolute atomic E-state index is 13.5. The fourth-order valence-electron chi connectivity index (χ4n) is 2.65. The molecule has 1 aliphatic rings. The van der Waals surface area contributed by atoms with Crippen LogP contribution in [-0.2, 0) is 4.74 Å². The van der Waals surface area contributed by atoms with Gasteiger partial charge in [0, 0.05) is 30.2 Å². The van der Waals surface area contributed by atoms with E-state index in [0.29, 0.717) is 18.0 Å². The van der Waals surface area contributed by atoms with E-state index in [9.17, 15) is 4.39 Å². The van der Waals surface area contributed by atoms with Gasteiger partial charge in [0.1, 0.15) is 0 Å². The van der Waals surface area contributed by atoms with Gasteiger partial charge >= 0.3 is 0 Å². The Bertz CT molecular complexity index is 491. The van der Waals surface area contributed by atoms with Gasteiger partial charge in [-0.15, -0.1) is 0 Å². The van der Waals surface area contributed by atoms with Crippen LogP contribution in [0.4, 0.5) is 15.8 Å². The van der Waals surface area contributed by atoms with E-state index in [4.69, 9.17) is 15.2 Å². The molecule has 1 aliphatic carbocycles. The molecule has 0 aromatic heterocycles. The summed E-state index contributed by atoms with van der Waals surface area (Å²) in [5.74, 6) is -0.254. The Morgan fingerprint density at radius 1 is 1.45 bits per heavy atom. The van der Waals surface area contributed by atoms with Gasteiger partial charge in [0.2, 0.25) is 0 Å². The van der Waals surface area contributed by atoms with Gasteiger partial charge in [-0.25, -0.2) is 4.39 Å². The fourth-order valence-corrected chi connectivity index (χ4v) is 2.65. The summed E-state index contributed by atoms with van der Waals surface area (Å²) in [4.78, 5) is 0. The SMILES string of the molecule is CCOC1CC(Nc2cc(OC)c(F)cc2N)C1(C)C. The van der Waals surface area contributed by atoms with Crippen LogP contribution in [0.3, 0.4) is 0 Å². The number of ether oxygens (including phenoxy) is 2. The molecule has 2 rings (SSSR count). The molecule has 1 fully saturated rings. The largest absolute Gasteiger partial charge is 0.494 e. The van der Waals surface area contributed by atoms with Crippen LogP contribution >= 0.6 is 0 Å². The first-order valence-electron chi connectivity index (χ1n) is 6.91. The highest BCUT2D eigenvalue weighted by Gasteiger charge is 2.49. The topological polar surface area (TPSA) is 56.5 Å². The predicted octanol–water partition coefficient (Wildman–Crippen LogP) is 3.03. The standard InChI is InChI=1S/C15H23FN2O2/c1-5-20-14-8-13(15(14,2)3)18-11-7-12(19-4)9(16)6-10(11)17/h6-7,13-14,18H,5,8,17H2,1-4H3. The molecule has 4 nitrogen and oxygen atoms in total. The van der Waals surface area contributed by atoms with E-state index in [0.717, 1.165) is 6.42 Å². The smallest absolute Gasteiger partial charge is 0.167 e. The third kappa shape index (κ3) is 2.54. The summed E-state index contributed by atoms with van der Waals surface area (Å²) in [6.07, 6.45) is 1.16. The third-order valence-electron chi connectivity index (χ3n) is 4.20. The maximum atomic E-state index is 13.5. The molecule has 3 N–H and O–H groups in total. The van der Waals surface area contributed by atoms with Gasteiger partial charge in [0.05, 0.1) is 24.6 Å². The molecule has 5 heteroatoms. The van der Waals surface area contributed by atoms with Gasteiger partial charge < -0.3 is 20.5 Å². The van der Waals surface area contributed by atoms with E-state index >= 15 is 0 Å². The highest BCUT2D eigenvalue weighted by atomic mass is 19.1. The Balaban J connectivity index is 2.12. The number of rotatable bonds is 5. The lowest BCUT2D eigenvalue weighted by Gasteiger charge is -2.52. The number of nitrogens with one attached hydrogen (secondary N) is 1. The molecule has 1 aromatic rings. The zero-order valence-corrected chi connectivity index (χ0v) is 12.5. The van der Waals surface area contributed by atoms with Crippen LogP contribution < -0.4 is 15.8 Å². The lowest BCUT2D eigenvalue weighted by Crippen LogP contribution is -2.58. The molecule has 1 aromatic carbocycles. The Morgan fingerprint density at radius 3 is 2.70 bits per heavy atom. The highest BCUT2D eigenvalue weighted by Crippen LogP contribution is 2.45. The summed E-state index contributed by atoms with van der Waals surface area (Å²) in [5.41, 5.74) is 6.98. The Kier molecular flexibility index (Phi) is 4.09. The maximum Gasteiger partial charge on any atom is 0.167 e. The van der Waals surface area contributed by atoms with Crippen molar-refractivity contribution in [3.63, 3.8) is 0 Å². The summed E-state index contributed by atoms with van der Waals surface area (Å²) in [5, 5.41) is 3.38. The van der Waals surface area contributed by atoms with Crippen molar-refractivity contribution in [1.29, 1.82) is 0 Å². The van der Waals surface area contributed by atoms with Gasteiger partial charge in [-0.3, -0.25) is 0 Å². The zero-order chi connectivity index (χ0) is 14.9. The molecule has 112 valence electrons. The van der Waals surface area contributed by atoms with Crippen molar-refractivity contribution in [1.82, 2.24) is 0 Å². The van der Waals surface area contributed by atoms with Crippen LogP contribution in [0.25, 0.3) is 0 Å². The first-order chi connectivity index (χ1) is 9.40. The lowest BCUT2D eigenvalue weighted by atomic mass is 9.64. The average Bonchev–Trinajstić information content (AvgIpc) is 2.40. The van der Waals surface area contributed by atoms with Crippen molar-refractivity contribution in [3.8, 4) is 5.75 Å². The second-order valence-corrected chi connectivity index (χ2v) is 5.77. The molecule has 0 saturated heterocycles. The second-order valence-electron chi connectivity index (χ2n) is 5.77. The lowest BCUT2D eigenvalue weighted by molar-refractivity contribution is -0.0975. The van der Waals surface area contributed by atoms with E-state index in [2.05, 4.69) is 19.2 Å². The molecule has 2 unspecified atom stereocenters. The van der Waals surface area contributed by atoms with E-state index < -0.39 is 5.82 Å². The quantitative estimate of drug-likeness (QED) is 0.815. The zero-order valence-electron chi connectivity index (χ0n) is 12.5. The first-order valence-corrected chi connectivity index (χ1v) is 6.91. The first kappa shape index (κ1) is 14.9. The summed E-state index contributed by atoms with van der Waals surface area (Å²) in [6.45, 7) is 7.03. The van der Waals surface area contributed by atoms with Crippen molar-refractivity contribution in [2.24, 2.45) is 5.41 Å². The van der Waals surface area contributed by atoms with Crippen molar-refractivity contribution in [3.05, 3.63) is 17.9 Å². The number of halogens is 1. The van der Waals surface area contributed by atoms with E-state index in [1.807, 2.05) is 6.92 Å².